The van der Waals surface area contributed by atoms with Gasteiger partial charge in [0.1, 0.15) is 18.0 Å². The number of phenols is 1. The molecule has 1 aromatic carbocycles. The molecule has 0 aliphatic rings. The van der Waals surface area contributed by atoms with E-state index in [0.717, 1.165) is 12.1 Å². The van der Waals surface area contributed by atoms with Gasteiger partial charge in [-0.1, -0.05) is 23.4 Å². The summed E-state index contributed by atoms with van der Waals surface area (Å²) in [6, 6.07) is 1.93. The molecule has 5 heteroatoms. The van der Waals surface area contributed by atoms with Gasteiger partial charge in [-0.05, 0) is 12.1 Å². The van der Waals surface area contributed by atoms with Crippen molar-refractivity contribution in [2.24, 2.45) is 0 Å². The number of aliphatic carboxylic acids is 1. The van der Waals surface area contributed by atoms with E-state index in [0.29, 0.717) is 0 Å². The molecular weight excluding hydrogens is 223 g/mol. The van der Waals surface area contributed by atoms with E-state index in [9.17, 15) is 14.3 Å². The third kappa shape index (κ3) is 3.15. The van der Waals surface area contributed by atoms with E-state index in [1.165, 1.54) is 0 Å². The summed E-state index contributed by atoms with van der Waals surface area (Å²) < 4.78 is 12.8. The van der Waals surface area contributed by atoms with Crippen molar-refractivity contribution < 1.29 is 19.4 Å². The molecule has 0 aliphatic carbocycles. The molecule has 0 unspecified atom stereocenters. The van der Waals surface area contributed by atoms with Crippen LogP contribution in [0, 0.1) is 17.7 Å². The van der Waals surface area contributed by atoms with Crippen molar-refractivity contribution >= 4 is 17.6 Å². The molecule has 3 nitrogen and oxygen atoms in total. The van der Waals surface area contributed by atoms with Crippen LogP contribution in [0.4, 0.5) is 4.39 Å². The Bertz CT molecular complexity index is 460. The van der Waals surface area contributed by atoms with E-state index in [-0.39, 0.29) is 22.8 Å². The van der Waals surface area contributed by atoms with E-state index in [1.807, 2.05) is 0 Å². The fourth-order valence-electron chi connectivity index (χ4n) is 0.876. The van der Waals surface area contributed by atoms with Crippen LogP contribution in [0.2, 0.25) is 5.02 Å². The summed E-state index contributed by atoms with van der Waals surface area (Å²) in [7, 11) is 0. The highest BCUT2D eigenvalue weighted by atomic mass is 35.5. The van der Waals surface area contributed by atoms with E-state index in [1.54, 1.807) is 0 Å². The number of hydrogen-bond acceptors (Lipinski definition) is 2. The molecule has 15 heavy (non-hydrogen) atoms. The van der Waals surface area contributed by atoms with Gasteiger partial charge in [-0.25, -0.2) is 4.39 Å². The second-order valence-corrected chi connectivity index (χ2v) is 3.06. The lowest BCUT2D eigenvalue weighted by molar-refractivity contribution is -0.135. The molecule has 0 bridgehead atoms. The van der Waals surface area contributed by atoms with Gasteiger partial charge in [0.25, 0.3) is 0 Å². The van der Waals surface area contributed by atoms with Gasteiger partial charge in [0.05, 0.1) is 10.6 Å². The normalized spacial score (nSPS) is 9.20. The molecule has 1 rings (SSSR count). The summed E-state index contributed by atoms with van der Waals surface area (Å²) in [4.78, 5) is 10.1. The number of hydrogen-bond donors (Lipinski definition) is 2. The van der Waals surface area contributed by atoms with Crippen molar-refractivity contribution in [2.75, 3.05) is 0 Å². The second-order valence-electron chi connectivity index (χ2n) is 2.66. The summed E-state index contributed by atoms with van der Waals surface area (Å²) in [5, 5.41) is 17.5. The average Bonchev–Trinajstić information content (AvgIpc) is 2.12. The van der Waals surface area contributed by atoms with Crippen LogP contribution in [0.5, 0.6) is 5.75 Å². The lowest BCUT2D eigenvalue weighted by Gasteiger charge is -1.99. The Labute approximate surface area is 90.1 Å². The van der Waals surface area contributed by atoms with Gasteiger partial charge in [-0.3, -0.25) is 4.79 Å². The lowest BCUT2D eigenvalue weighted by Crippen LogP contribution is -1.90. The molecule has 78 valence electrons. The molecule has 0 saturated carbocycles. The number of carboxylic acid groups (broad SMARTS) is 1. The maximum atomic E-state index is 12.8. The first kappa shape index (κ1) is 11.3. The number of aromatic hydroxyl groups is 1. The first-order chi connectivity index (χ1) is 7.00. The molecule has 2 N–H and O–H groups in total. The summed E-state index contributed by atoms with van der Waals surface area (Å²) in [5.74, 6) is 2.50. The number of halogens is 2. The van der Waals surface area contributed by atoms with Crippen molar-refractivity contribution in [1.29, 1.82) is 0 Å². The van der Waals surface area contributed by atoms with Crippen molar-refractivity contribution in [3.63, 3.8) is 0 Å². The maximum Gasteiger partial charge on any atom is 0.315 e. The van der Waals surface area contributed by atoms with E-state index in [2.05, 4.69) is 11.8 Å². The van der Waals surface area contributed by atoms with Gasteiger partial charge in [0.15, 0.2) is 0 Å². The van der Waals surface area contributed by atoms with E-state index < -0.39 is 11.8 Å². The van der Waals surface area contributed by atoms with Gasteiger partial charge >= 0.3 is 5.97 Å². The summed E-state index contributed by atoms with van der Waals surface area (Å²) >= 11 is 5.49. The van der Waals surface area contributed by atoms with Gasteiger partial charge in [0.2, 0.25) is 0 Å². The number of rotatable bonds is 1. The topological polar surface area (TPSA) is 57.5 Å². The largest absolute Gasteiger partial charge is 0.505 e. The fraction of sp³-hybridized carbons (Fsp3) is 0.100. The number of phenolic OH excluding ortho intramolecular Hbond substituents is 1. The zero-order valence-corrected chi connectivity index (χ0v) is 8.18. The predicted molar refractivity (Wildman–Crippen MR) is 52.2 cm³/mol. The molecule has 0 aromatic heterocycles. The molecule has 0 spiro atoms. The smallest absolute Gasteiger partial charge is 0.315 e. The highest BCUT2D eigenvalue weighted by Gasteiger charge is 2.06. The van der Waals surface area contributed by atoms with Crippen molar-refractivity contribution in [3.8, 4) is 17.6 Å². The monoisotopic (exact) mass is 228 g/mol. The molecule has 0 heterocycles. The number of carbonyl (C=O) groups is 1. The number of carboxylic acids is 1. The zero-order chi connectivity index (χ0) is 11.4. The van der Waals surface area contributed by atoms with Gasteiger partial charge < -0.3 is 10.2 Å². The minimum Gasteiger partial charge on any atom is -0.505 e. The van der Waals surface area contributed by atoms with Crippen molar-refractivity contribution in [2.45, 2.75) is 6.42 Å². The Kier molecular flexibility index (Phi) is 3.53. The molecule has 0 amide bonds. The SMILES string of the molecule is O=C(O)CC#Cc1cc(F)cc(Cl)c1O. The van der Waals surface area contributed by atoms with Crippen LogP contribution in [0.25, 0.3) is 0 Å². The van der Waals surface area contributed by atoms with Crippen LogP contribution in [0.15, 0.2) is 12.1 Å². The van der Waals surface area contributed by atoms with Crippen LogP contribution < -0.4 is 0 Å². The lowest BCUT2D eigenvalue weighted by atomic mass is 10.2. The van der Waals surface area contributed by atoms with Crippen LogP contribution in [0.3, 0.4) is 0 Å². The van der Waals surface area contributed by atoms with Crippen LogP contribution >= 0.6 is 11.6 Å². The minimum absolute atomic E-state index is 0.0266. The first-order valence-corrected chi connectivity index (χ1v) is 4.27. The summed E-state index contributed by atoms with van der Waals surface area (Å²) in [5.41, 5.74) is -0.0266. The fourth-order valence-corrected chi connectivity index (χ4v) is 1.08. The van der Waals surface area contributed by atoms with Crippen LogP contribution in [-0.4, -0.2) is 16.2 Å². The number of benzene rings is 1. The Morgan fingerprint density at radius 2 is 2.20 bits per heavy atom. The molecule has 0 atom stereocenters. The van der Waals surface area contributed by atoms with Crippen molar-refractivity contribution in [3.05, 3.63) is 28.5 Å². The molecule has 0 fully saturated rings. The van der Waals surface area contributed by atoms with Gasteiger partial charge in [-0.2, -0.15) is 0 Å². The highest BCUT2D eigenvalue weighted by molar-refractivity contribution is 6.32. The zero-order valence-electron chi connectivity index (χ0n) is 7.42. The molecule has 0 aliphatic heterocycles. The summed E-state index contributed by atoms with van der Waals surface area (Å²) in [6.07, 6.45) is -0.381. The molecule has 1 aromatic rings. The third-order valence-corrected chi connectivity index (χ3v) is 1.78. The third-order valence-electron chi connectivity index (χ3n) is 1.49. The first-order valence-electron chi connectivity index (χ1n) is 3.89. The highest BCUT2D eigenvalue weighted by Crippen LogP contribution is 2.27. The van der Waals surface area contributed by atoms with E-state index >= 15 is 0 Å². The molecular formula is C10H6ClFO3. The molecule has 0 saturated heterocycles. The second kappa shape index (κ2) is 4.67. The Morgan fingerprint density at radius 1 is 1.53 bits per heavy atom. The Balaban J connectivity index is 3.02. The quantitative estimate of drug-likeness (QED) is 0.723. The van der Waals surface area contributed by atoms with Gasteiger partial charge in [-0.15, -0.1) is 0 Å². The Morgan fingerprint density at radius 3 is 2.80 bits per heavy atom. The standard InChI is InChI=1S/C10H6ClFO3/c11-8-5-7(12)4-6(10(8)15)2-1-3-9(13)14/h4-5,15H,3H2,(H,13,14). The van der Waals surface area contributed by atoms with Crippen LogP contribution in [-0.2, 0) is 4.79 Å². The van der Waals surface area contributed by atoms with Gasteiger partial charge in [0, 0.05) is 0 Å². The van der Waals surface area contributed by atoms with E-state index in [4.69, 9.17) is 16.7 Å². The maximum absolute atomic E-state index is 12.8. The minimum atomic E-state index is -1.09. The molecule has 0 radical (unpaired) electrons. The van der Waals surface area contributed by atoms with Crippen molar-refractivity contribution in [1.82, 2.24) is 0 Å². The summed E-state index contributed by atoms with van der Waals surface area (Å²) in [6.45, 7) is 0. The Hall–Kier alpha value is -1.73. The average molecular weight is 229 g/mol. The predicted octanol–water partition coefficient (Wildman–Crippen LogP) is 2.01. The van der Waals surface area contributed by atoms with Crippen LogP contribution in [0.1, 0.15) is 12.0 Å².